The molecule has 2 aromatic rings. The largest absolute Gasteiger partial charge is 0.506 e. The minimum atomic E-state index is -0.0976. The number of nitrogens with zero attached hydrogens (tertiary/aromatic N) is 1. The third-order valence-electron chi connectivity index (χ3n) is 2.47. The lowest BCUT2D eigenvalue weighted by atomic mass is 10.1. The van der Waals surface area contributed by atoms with E-state index in [9.17, 15) is 5.11 Å². The molecule has 17 heavy (non-hydrogen) atoms. The lowest BCUT2D eigenvalue weighted by Crippen LogP contribution is -1.93. The second-order valence-corrected chi connectivity index (χ2v) is 3.90. The van der Waals surface area contributed by atoms with Gasteiger partial charge in [0, 0.05) is 11.6 Å². The van der Waals surface area contributed by atoms with Crippen LogP contribution in [0.4, 0.5) is 5.82 Å². The van der Waals surface area contributed by atoms with Crippen molar-refractivity contribution in [3.8, 4) is 28.5 Å². The summed E-state index contributed by atoms with van der Waals surface area (Å²) in [5, 5.41) is 16.6. The predicted molar refractivity (Wildman–Crippen MR) is 61.2 cm³/mol. The molecular weight excluding hydrogens is 246 g/mol. The highest BCUT2D eigenvalue weighted by Crippen LogP contribution is 2.48. The molecule has 0 fully saturated rings. The molecule has 3 rings (SSSR count). The number of rotatable bonds is 1. The van der Waals surface area contributed by atoms with Crippen molar-refractivity contribution in [3.63, 3.8) is 0 Å². The molecule has 1 aromatic heterocycles. The predicted octanol–water partition coefficient (Wildman–Crippen LogP) is 1.75. The Bertz CT molecular complexity index is 597. The van der Waals surface area contributed by atoms with Crippen molar-refractivity contribution in [3.05, 3.63) is 17.2 Å². The van der Waals surface area contributed by atoms with Crippen molar-refractivity contribution in [2.24, 2.45) is 0 Å². The molecule has 0 saturated heterocycles. The number of aromatic nitrogens is 2. The average Bonchev–Trinajstić information content (AvgIpc) is 2.91. The summed E-state index contributed by atoms with van der Waals surface area (Å²) in [5.74, 6) is 1.06. The van der Waals surface area contributed by atoms with Crippen LogP contribution >= 0.6 is 11.6 Å². The number of fused-ring (bicyclic) bond motifs is 1. The first-order valence-electron chi connectivity index (χ1n) is 4.79. The Morgan fingerprint density at radius 2 is 2.24 bits per heavy atom. The van der Waals surface area contributed by atoms with Gasteiger partial charge in [-0.05, 0) is 6.07 Å². The monoisotopic (exact) mass is 253 g/mol. The van der Waals surface area contributed by atoms with Gasteiger partial charge in [0.1, 0.15) is 16.6 Å². The van der Waals surface area contributed by atoms with Crippen molar-refractivity contribution >= 4 is 17.4 Å². The van der Waals surface area contributed by atoms with Crippen molar-refractivity contribution in [2.75, 3.05) is 12.5 Å². The lowest BCUT2D eigenvalue weighted by molar-refractivity contribution is 0.174. The first-order valence-corrected chi connectivity index (χ1v) is 5.17. The number of phenols is 1. The number of ether oxygens (including phenoxy) is 2. The molecule has 4 N–H and O–H groups in total. The Balaban J connectivity index is 2.21. The first-order chi connectivity index (χ1) is 8.16. The number of benzene rings is 1. The average molecular weight is 254 g/mol. The van der Waals surface area contributed by atoms with Gasteiger partial charge in [0.2, 0.25) is 6.79 Å². The second kappa shape index (κ2) is 3.46. The van der Waals surface area contributed by atoms with Gasteiger partial charge in [-0.25, -0.2) is 0 Å². The molecule has 88 valence electrons. The number of H-pyrrole nitrogens is 1. The molecule has 0 aliphatic carbocycles. The van der Waals surface area contributed by atoms with Crippen LogP contribution in [0.2, 0.25) is 5.02 Å². The SMILES string of the molecule is Nc1cc(-c2cc3c(c(Cl)c2O)OCO3)[nH]n1. The Kier molecular flexibility index (Phi) is 2.05. The molecule has 0 atom stereocenters. The van der Waals surface area contributed by atoms with E-state index >= 15 is 0 Å². The fourth-order valence-electron chi connectivity index (χ4n) is 1.67. The zero-order chi connectivity index (χ0) is 12.0. The number of aromatic hydroxyl groups is 1. The number of hydrogen-bond acceptors (Lipinski definition) is 5. The number of phenolic OH excluding ortho intramolecular Hbond substituents is 1. The highest BCUT2D eigenvalue weighted by Gasteiger charge is 2.24. The first kappa shape index (κ1) is 10.1. The van der Waals surface area contributed by atoms with E-state index < -0.39 is 0 Å². The standard InChI is InChI=1S/C10H8ClN3O3/c11-8-9(15)4(5-2-7(12)14-13-5)1-6-10(8)17-3-16-6/h1-2,15H,3H2,(H3,12,13,14). The summed E-state index contributed by atoms with van der Waals surface area (Å²) in [6, 6.07) is 3.21. The highest BCUT2D eigenvalue weighted by molar-refractivity contribution is 6.34. The quantitative estimate of drug-likeness (QED) is 0.720. The van der Waals surface area contributed by atoms with Crippen molar-refractivity contribution in [1.82, 2.24) is 10.2 Å². The molecule has 0 saturated carbocycles. The number of hydrogen-bond donors (Lipinski definition) is 3. The Hall–Kier alpha value is -2.08. The fraction of sp³-hybridized carbons (Fsp3) is 0.100. The number of anilines is 1. The summed E-state index contributed by atoms with van der Waals surface area (Å²) in [4.78, 5) is 0. The minimum absolute atomic E-state index is 0.0864. The van der Waals surface area contributed by atoms with Crippen LogP contribution in [-0.4, -0.2) is 22.1 Å². The van der Waals surface area contributed by atoms with E-state index in [-0.39, 0.29) is 17.6 Å². The van der Waals surface area contributed by atoms with Crippen LogP contribution in [0.3, 0.4) is 0 Å². The summed E-state index contributed by atoms with van der Waals surface area (Å²) < 4.78 is 10.4. The minimum Gasteiger partial charge on any atom is -0.506 e. The van der Waals surface area contributed by atoms with Crippen LogP contribution in [0.15, 0.2) is 12.1 Å². The maximum absolute atomic E-state index is 9.97. The van der Waals surface area contributed by atoms with Gasteiger partial charge in [0.15, 0.2) is 11.5 Å². The molecule has 2 heterocycles. The van der Waals surface area contributed by atoms with E-state index in [1.54, 1.807) is 12.1 Å². The van der Waals surface area contributed by atoms with E-state index in [1.165, 1.54) is 0 Å². The number of halogens is 1. The molecule has 0 spiro atoms. The molecule has 1 aliphatic rings. The van der Waals surface area contributed by atoms with Crippen molar-refractivity contribution in [2.45, 2.75) is 0 Å². The van der Waals surface area contributed by atoms with Crippen LogP contribution in [0.5, 0.6) is 17.2 Å². The lowest BCUT2D eigenvalue weighted by Gasteiger charge is -2.06. The van der Waals surface area contributed by atoms with E-state index in [4.69, 9.17) is 26.8 Å². The zero-order valence-electron chi connectivity index (χ0n) is 8.53. The van der Waals surface area contributed by atoms with Gasteiger partial charge in [0.25, 0.3) is 0 Å². The molecule has 0 amide bonds. The van der Waals surface area contributed by atoms with E-state index in [1.807, 2.05) is 0 Å². The van der Waals surface area contributed by atoms with Gasteiger partial charge in [-0.15, -0.1) is 0 Å². The van der Waals surface area contributed by atoms with Crippen molar-refractivity contribution in [1.29, 1.82) is 0 Å². The number of aromatic amines is 1. The van der Waals surface area contributed by atoms with Crippen LogP contribution < -0.4 is 15.2 Å². The van der Waals surface area contributed by atoms with Crippen LogP contribution in [0.1, 0.15) is 0 Å². The van der Waals surface area contributed by atoms with Crippen molar-refractivity contribution < 1.29 is 14.6 Å². The third kappa shape index (κ3) is 1.45. The topological polar surface area (TPSA) is 93.4 Å². The molecule has 0 radical (unpaired) electrons. The van der Waals surface area contributed by atoms with Gasteiger partial charge in [0.05, 0.1) is 5.69 Å². The third-order valence-corrected chi connectivity index (χ3v) is 2.82. The van der Waals surface area contributed by atoms with Gasteiger partial charge in [-0.1, -0.05) is 11.6 Å². The summed E-state index contributed by atoms with van der Waals surface area (Å²) in [5.41, 5.74) is 6.52. The summed E-state index contributed by atoms with van der Waals surface area (Å²) >= 11 is 5.98. The molecule has 0 bridgehead atoms. The van der Waals surface area contributed by atoms with Crippen LogP contribution in [0.25, 0.3) is 11.3 Å². The smallest absolute Gasteiger partial charge is 0.231 e. The van der Waals surface area contributed by atoms with Gasteiger partial charge in [-0.3, -0.25) is 5.10 Å². The van der Waals surface area contributed by atoms with E-state index in [2.05, 4.69) is 10.2 Å². The Morgan fingerprint density at radius 1 is 1.41 bits per heavy atom. The van der Waals surface area contributed by atoms with E-state index in [0.717, 1.165) is 0 Å². The molecule has 6 nitrogen and oxygen atoms in total. The van der Waals surface area contributed by atoms with Crippen LogP contribution in [-0.2, 0) is 0 Å². The Morgan fingerprint density at radius 3 is 2.94 bits per heavy atom. The summed E-state index contributed by atoms with van der Waals surface area (Å²) in [6.07, 6.45) is 0. The maximum atomic E-state index is 9.97. The number of nitrogens with two attached hydrogens (primary N) is 1. The van der Waals surface area contributed by atoms with Gasteiger partial charge in [-0.2, -0.15) is 5.10 Å². The fourth-order valence-corrected chi connectivity index (χ4v) is 1.92. The number of nitrogen functional groups attached to an aromatic ring is 1. The van der Waals surface area contributed by atoms with Gasteiger partial charge < -0.3 is 20.3 Å². The van der Waals surface area contributed by atoms with Gasteiger partial charge >= 0.3 is 0 Å². The Labute approximate surface area is 101 Å². The zero-order valence-corrected chi connectivity index (χ0v) is 9.28. The maximum Gasteiger partial charge on any atom is 0.231 e. The molecular formula is C10H8ClN3O3. The normalized spacial score (nSPS) is 13.0. The molecule has 1 aliphatic heterocycles. The summed E-state index contributed by atoms with van der Waals surface area (Å²) in [6.45, 7) is 0.0864. The molecule has 1 aromatic carbocycles. The summed E-state index contributed by atoms with van der Waals surface area (Å²) in [7, 11) is 0. The van der Waals surface area contributed by atoms with E-state index in [0.29, 0.717) is 28.6 Å². The second-order valence-electron chi connectivity index (χ2n) is 3.53. The van der Waals surface area contributed by atoms with Crippen LogP contribution in [0, 0.1) is 0 Å². The molecule has 7 heteroatoms. The molecule has 0 unspecified atom stereocenters. The highest BCUT2D eigenvalue weighted by atomic mass is 35.5. The number of nitrogens with one attached hydrogen (secondary N) is 1.